The van der Waals surface area contributed by atoms with Crippen molar-refractivity contribution in [3.05, 3.63) is 65.7 Å². The Morgan fingerprint density at radius 1 is 1.04 bits per heavy atom. The molecule has 0 unspecified atom stereocenters. The van der Waals surface area contributed by atoms with E-state index in [4.69, 9.17) is 4.74 Å². The monoisotopic (exact) mass is 329 g/mol. The van der Waals surface area contributed by atoms with E-state index in [-0.39, 0.29) is 5.91 Å². The molecule has 2 aromatic rings. The average molecular weight is 329 g/mol. The normalized spacial score (nSPS) is 10.3. The molecule has 2 rings (SSSR count). The number of aryl methyl sites for hydroxylation is 1. The van der Waals surface area contributed by atoms with Gasteiger partial charge >= 0.3 is 0 Å². The SMILES string of the molecule is CCc1ccc(OCCNC(=O)CSCc2ccccc2)cc1. The molecule has 0 bridgehead atoms. The van der Waals surface area contributed by atoms with Crippen molar-refractivity contribution in [2.24, 2.45) is 0 Å². The minimum atomic E-state index is 0.0517. The number of ether oxygens (including phenoxy) is 1. The molecule has 2 aromatic carbocycles. The second-order valence-electron chi connectivity index (χ2n) is 5.17. The number of hydrogen-bond donors (Lipinski definition) is 1. The first-order valence-electron chi connectivity index (χ1n) is 7.88. The molecule has 23 heavy (non-hydrogen) atoms. The summed E-state index contributed by atoms with van der Waals surface area (Å²) in [4.78, 5) is 11.7. The van der Waals surface area contributed by atoms with Crippen LogP contribution in [0, 0.1) is 0 Å². The van der Waals surface area contributed by atoms with E-state index >= 15 is 0 Å². The molecule has 0 aliphatic rings. The fourth-order valence-electron chi connectivity index (χ4n) is 2.07. The van der Waals surface area contributed by atoms with Crippen molar-refractivity contribution >= 4 is 17.7 Å². The highest BCUT2D eigenvalue weighted by Crippen LogP contribution is 2.12. The number of nitrogens with one attached hydrogen (secondary N) is 1. The molecule has 0 radical (unpaired) electrons. The van der Waals surface area contributed by atoms with Gasteiger partial charge in [-0.25, -0.2) is 0 Å². The lowest BCUT2D eigenvalue weighted by Gasteiger charge is -2.08. The molecule has 1 amide bonds. The van der Waals surface area contributed by atoms with Crippen molar-refractivity contribution in [3.63, 3.8) is 0 Å². The molecule has 0 aliphatic carbocycles. The van der Waals surface area contributed by atoms with Crippen LogP contribution in [-0.4, -0.2) is 24.8 Å². The zero-order chi connectivity index (χ0) is 16.3. The van der Waals surface area contributed by atoms with Crippen LogP contribution in [-0.2, 0) is 17.0 Å². The summed E-state index contributed by atoms with van der Waals surface area (Å²) in [5.74, 6) is 2.22. The van der Waals surface area contributed by atoms with Crippen molar-refractivity contribution in [2.45, 2.75) is 19.1 Å². The number of benzene rings is 2. The lowest BCUT2D eigenvalue weighted by Crippen LogP contribution is -2.29. The first-order chi connectivity index (χ1) is 11.3. The van der Waals surface area contributed by atoms with Gasteiger partial charge in [0.1, 0.15) is 12.4 Å². The zero-order valence-electron chi connectivity index (χ0n) is 13.5. The lowest BCUT2D eigenvalue weighted by molar-refractivity contribution is -0.118. The van der Waals surface area contributed by atoms with Crippen molar-refractivity contribution in [1.82, 2.24) is 5.32 Å². The molecule has 0 saturated carbocycles. The molecule has 0 atom stereocenters. The van der Waals surface area contributed by atoms with Gasteiger partial charge < -0.3 is 10.1 Å². The lowest BCUT2D eigenvalue weighted by atomic mass is 10.2. The zero-order valence-corrected chi connectivity index (χ0v) is 14.3. The minimum Gasteiger partial charge on any atom is -0.492 e. The number of thioether (sulfide) groups is 1. The number of carbonyl (C=O) groups is 1. The molecule has 0 heterocycles. The number of hydrogen-bond acceptors (Lipinski definition) is 3. The quantitative estimate of drug-likeness (QED) is 0.713. The summed E-state index contributed by atoms with van der Waals surface area (Å²) in [6.07, 6.45) is 1.02. The number of carbonyl (C=O) groups excluding carboxylic acids is 1. The molecule has 3 nitrogen and oxygen atoms in total. The van der Waals surface area contributed by atoms with Gasteiger partial charge in [-0.3, -0.25) is 4.79 Å². The van der Waals surface area contributed by atoms with Crippen molar-refractivity contribution in [2.75, 3.05) is 18.9 Å². The van der Waals surface area contributed by atoms with Crippen LogP contribution in [0.2, 0.25) is 0 Å². The van der Waals surface area contributed by atoms with Crippen LogP contribution in [0.3, 0.4) is 0 Å². The van der Waals surface area contributed by atoms with Crippen LogP contribution in [0.15, 0.2) is 54.6 Å². The maximum absolute atomic E-state index is 11.7. The van der Waals surface area contributed by atoms with E-state index < -0.39 is 0 Å². The van der Waals surface area contributed by atoms with Gasteiger partial charge in [0.15, 0.2) is 0 Å². The molecular weight excluding hydrogens is 306 g/mol. The van der Waals surface area contributed by atoms with E-state index in [0.717, 1.165) is 17.9 Å². The van der Waals surface area contributed by atoms with Gasteiger partial charge in [0.05, 0.1) is 12.3 Å². The Bertz CT molecular complexity index is 584. The second kappa shape index (κ2) is 9.95. The topological polar surface area (TPSA) is 38.3 Å². The maximum atomic E-state index is 11.7. The molecule has 122 valence electrons. The summed E-state index contributed by atoms with van der Waals surface area (Å²) in [5.41, 5.74) is 2.53. The summed E-state index contributed by atoms with van der Waals surface area (Å²) in [6, 6.07) is 18.2. The Morgan fingerprint density at radius 3 is 2.48 bits per heavy atom. The smallest absolute Gasteiger partial charge is 0.230 e. The van der Waals surface area contributed by atoms with E-state index in [0.29, 0.717) is 18.9 Å². The third kappa shape index (κ3) is 6.78. The van der Waals surface area contributed by atoms with Gasteiger partial charge in [-0.1, -0.05) is 49.4 Å². The summed E-state index contributed by atoms with van der Waals surface area (Å²) in [5, 5.41) is 2.88. The van der Waals surface area contributed by atoms with Crippen molar-refractivity contribution in [3.8, 4) is 5.75 Å². The van der Waals surface area contributed by atoms with Crippen LogP contribution in [0.5, 0.6) is 5.75 Å². The van der Waals surface area contributed by atoms with Crippen LogP contribution in [0.1, 0.15) is 18.1 Å². The highest BCUT2D eigenvalue weighted by Gasteiger charge is 2.02. The molecule has 0 aromatic heterocycles. The molecular formula is C19H23NO2S. The molecule has 0 saturated heterocycles. The Balaban J connectivity index is 1.55. The van der Waals surface area contributed by atoms with Crippen LogP contribution >= 0.6 is 11.8 Å². The fraction of sp³-hybridized carbons (Fsp3) is 0.316. The van der Waals surface area contributed by atoms with Crippen LogP contribution in [0.4, 0.5) is 0 Å². The van der Waals surface area contributed by atoms with Gasteiger partial charge in [0.25, 0.3) is 0 Å². The van der Waals surface area contributed by atoms with E-state index in [9.17, 15) is 4.79 Å². The first-order valence-corrected chi connectivity index (χ1v) is 9.03. The van der Waals surface area contributed by atoms with E-state index in [1.165, 1.54) is 11.1 Å². The van der Waals surface area contributed by atoms with Crippen molar-refractivity contribution < 1.29 is 9.53 Å². The van der Waals surface area contributed by atoms with Gasteiger partial charge in [0, 0.05) is 5.75 Å². The van der Waals surface area contributed by atoms with E-state index in [1.807, 2.05) is 30.3 Å². The summed E-state index contributed by atoms with van der Waals surface area (Å²) in [6.45, 7) is 3.14. The number of rotatable bonds is 9. The fourth-order valence-corrected chi connectivity index (χ4v) is 2.89. The molecule has 0 aliphatic heterocycles. The van der Waals surface area contributed by atoms with Gasteiger partial charge in [-0.05, 0) is 29.7 Å². The molecule has 1 N–H and O–H groups in total. The third-order valence-electron chi connectivity index (χ3n) is 3.37. The van der Waals surface area contributed by atoms with Crippen LogP contribution < -0.4 is 10.1 Å². The van der Waals surface area contributed by atoms with Crippen molar-refractivity contribution in [1.29, 1.82) is 0 Å². The summed E-state index contributed by atoms with van der Waals surface area (Å²) < 4.78 is 5.61. The summed E-state index contributed by atoms with van der Waals surface area (Å²) in [7, 11) is 0. The highest BCUT2D eigenvalue weighted by molar-refractivity contribution is 7.99. The summed E-state index contributed by atoms with van der Waals surface area (Å²) >= 11 is 1.62. The average Bonchev–Trinajstić information content (AvgIpc) is 2.60. The molecule has 4 heteroatoms. The standard InChI is InChI=1S/C19H23NO2S/c1-2-16-8-10-18(11-9-16)22-13-12-20-19(21)15-23-14-17-6-4-3-5-7-17/h3-11H,2,12-15H2,1H3,(H,20,21). The third-order valence-corrected chi connectivity index (χ3v) is 4.37. The molecule has 0 fully saturated rings. The predicted octanol–water partition coefficient (Wildman–Crippen LogP) is 3.68. The maximum Gasteiger partial charge on any atom is 0.230 e. The number of amides is 1. The minimum absolute atomic E-state index is 0.0517. The van der Waals surface area contributed by atoms with E-state index in [2.05, 4.69) is 36.5 Å². The molecule has 0 spiro atoms. The van der Waals surface area contributed by atoms with Gasteiger partial charge in [-0.15, -0.1) is 11.8 Å². The Hall–Kier alpha value is -1.94. The Kier molecular flexibility index (Phi) is 7.54. The first kappa shape index (κ1) is 17.4. The largest absolute Gasteiger partial charge is 0.492 e. The van der Waals surface area contributed by atoms with E-state index in [1.54, 1.807) is 11.8 Å². The highest BCUT2D eigenvalue weighted by atomic mass is 32.2. The second-order valence-corrected chi connectivity index (χ2v) is 6.16. The Labute approximate surface area is 142 Å². The van der Waals surface area contributed by atoms with Crippen LogP contribution in [0.25, 0.3) is 0 Å². The van der Waals surface area contributed by atoms with Gasteiger partial charge in [0.2, 0.25) is 5.91 Å². The Morgan fingerprint density at radius 2 is 1.78 bits per heavy atom. The van der Waals surface area contributed by atoms with Gasteiger partial charge in [-0.2, -0.15) is 0 Å². The predicted molar refractivity (Wildman–Crippen MR) is 96.9 cm³/mol.